The van der Waals surface area contributed by atoms with Crippen LogP contribution in [0.25, 0.3) is 11.0 Å². The van der Waals surface area contributed by atoms with Crippen LogP contribution in [-0.4, -0.2) is 33.4 Å². The van der Waals surface area contributed by atoms with E-state index in [9.17, 15) is 4.79 Å². The van der Waals surface area contributed by atoms with Crippen molar-refractivity contribution >= 4 is 16.9 Å². The summed E-state index contributed by atoms with van der Waals surface area (Å²) in [5.74, 6) is 1.51. The van der Waals surface area contributed by atoms with E-state index in [-0.39, 0.29) is 11.8 Å². The van der Waals surface area contributed by atoms with Gasteiger partial charge in [0.15, 0.2) is 0 Å². The first-order valence-electron chi connectivity index (χ1n) is 9.32. The van der Waals surface area contributed by atoms with Crippen LogP contribution in [0.4, 0.5) is 0 Å². The Kier molecular flexibility index (Phi) is 4.27. The third kappa shape index (κ3) is 2.90. The molecule has 2 heterocycles. The SMILES string of the molecule is Cc1ccc(C(=O)N2CCCC(c3nc4ccccc4n3C)C2)cc1C. The van der Waals surface area contributed by atoms with E-state index < -0.39 is 0 Å². The first-order valence-corrected chi connectivity index (χ1v) is 9.32. The minimum Gasteiger partial charge on any atom is -0.338 e. The number of nitrogens with zero attached hydrogens (tertiary/aromatic N) is 3. The van der Waals surface area contributed by atoms with Gasteiger partial charge in [-0.2, -0.15) is 0 Å². The van der Waals surface area contributed by atoms with Gasteiger partial charge < -0.3 is 9.47 Å². The average molecular weight is 347 g/mol. The van der Waals surface area contributed by atoms with Crippen molar-refractivity contribution in [3.8, 4) is 0 Å². The Bertz CT molecular complexity index is 973. The number of fused-ring (bicyclic) bond motifs is 1. The summed E-state index contributed by atoms with van der Waals surface area (Å²) in [7, 11) is 2.08. The second-order valence-corrected chi connectivity index (χ2v) is 7.41. The number of amides is 1. The van der Waals surface area contributed by atoms with Crippen molar-refractivity contribution < 1.29 is 4.79 Å². The van der Waals surface area contributed by atoms with Crippen LogP contribution in [0, 0.1) is 13.8 Å². The van der Waals surface area contributed by atoms with E-state index in [4.69, 9.17) is 4.98 Å². The van der Waals surface area contributed by atoms with Crippen LogP contribution in [0.1, 0.15) is 46.1 Å². The summed E-state index contributed by atoms with van der Waals surface area (Å²) in [5, 5.41) is 0. The molecular weight excluding hydrogens is 322 g/mol. The lowest BCUT2D eigenvalue weighted by atomic mass is 9.96. The Hall–Kier alpha value is -2.62. The lowest BCUT2D eigenvalue weighted by molar-refractivity contribution is 0.0703. The lowest BCUT2D eigenvalue weighted by Crippen LogP contribution is -2.39. The maximum atomic E-state index is 13.0. The standard InChI is InChI=1S/C22H25N3O/c1-15-10-11-17(13-16(15)2)22(26)25-12-6-7-18(14-25)21-23-19-8-4-5-9-20(19)24(21)3/h4-5,8-11,13,18H,6-7,12,14H2,1-3H3. The van der Waals surface area contributed by atoms with Crippen LogP contribution in [0.3, 0.4) is 0 Å². The van der Waals surface area contributed by atoms with Gasteiger partial charge in [0.25, 0.3) is 5.91 Å². The number of aryl methyl sites for hydroxylation is 3. The zero-order valence-corrected chi connectivity index (χ0v) is 15.7. The van der Waals surface area contributed by atoms with Crippen molar-refractivity contribution in [3.05, 3.63) is 65.0 Å². The molecule has 0 aliphatic carbocycles. The van der Waals surface area contributed by atoms with E-state index in [1.165, 1.54) is 11.1 Å². The Balaban J connectivity index is 1.59. The smallest absolute Gasteiger partial charge is 0.253 e. The van der Waals surface area contributed by atoms with Gasteiger partial charge in [-0.15, -0.1) is 0 Å². The normalized spacial score (nSPS) is 17.7. The number of aromatic nitrogens is 2. The molecule has 0 N–H and O–H groups in total. The predicted octanol–water partition coefficient (Wildman–Crippen LogP) is 4.21. The highest BCUT2D eigenvalue weighted by Crippen LogP contribution is 2.29. The van der Waals surface area contributed by atoms with Crippen molar-refractivity contribution in [1.82, 2.24) is 14.5 Å². The molecule has 1 unspecified atom stereocenters. The van der Waals surface area contributed by atoms with Crippen LogP contribution < -0.4 is 0 Å². The molecule has 3 aromatic rings. The molecule has 0 saturated carbocycles. The monoisotopic (exact) mass is 347 g/mol. The molecule has 1 fully saturated rings. The number of carbonyl (C=O) groups is 1. The van der Waals surface area contributed by atoms with E-state index in [1.807, 2.05) is 35.2 Å². The van der Waals surface area contributed by atoms with E-state index in [0.717, 1.165) is 48.4 Å². The van der Waals surface area contributed by atoms with Gasteiger partial charge in [0, 0.05) is 31.6 Å². The minimum absolute atomic E-state index is 0.136. The van der Waals surface area contributed by atoms with Crippen molar-refractivity contribution in [2.45, 2.75) is 32.6 Å². The van der Waals surface area contributed by atoms with Crippen LogP contribution in [0.5, 0.6) is 0 Å². The zero-order valence-electron chi connectivity index (χ0n) is 15.7. The molecule has 1 aliphatic rings. The summed E-state index contributed by atoms with van der Waals surface area (Å²) >= 11 is 0. The van der Waals surface area contributed by atoms with Gasteiger partial charge >= 0.3 is 0 Å². The number of carbonyl (C=O) groups excluding carboxylic acids is 1. The van der Waals surface area contributed by atoms with Gasteiger partial charge in [-0.05, 0) is 62.1 Å². The lowest BCUT2D eigenvalue weighted by Gasteiger charge is -2.32. The Labute approximate surface area is 154 Å². The number of rotatable bonds is 2. The summed E-state index contributed by atoms with van der Waals surface area (Å²) in [6, 6.07) is 14.2. The van der Waals surface area contributed by atoms with E-state index in [2.05, 4.69) is 37.6 Å². The highest BCUT2D eigenvalue weighted by molar-refractivity contribution is 5.94. The van der Waals surface area contributed by atoms with Gasteiger partial charge in [-0.1, -0.05) is 18.2 Å². The van der Waals surface area contributed by atoms with E-state index >= 15 is 0 Å². The van der Waals surface area contributed by atoms with Gasteiger partial charge in [-0.3, -0.25) is 4.79 Å². The molecule has 1 atom stereocenters. The first kappa shape index (κ1) is 16.8. The van der Waals surface area contributed by atoms with Crippen molar-refractivity contribution in [2.75, 3.05) is 13.1 Å². The predicted molar refractivity (Wildman–Crippen MR) is 105 cm³/mol. The number of hydrogen-bond donors (Lipinski definition) is 0. The zero-order chi connectivity index (χ0) is 18.3. The van der Waals surface area contributed by atoms with Gasteiger partial charge in [0.2, 0.25) is 0 Å². The van der Waals surface area contributed by atoms with Gasteiger partial charge in [0.1, 0.15) is 5.82 Å². The average Bonchev–Trinajstić information content (AvgIpc) is 3.00. The fourth-order valence-electron chi connectivity index (χ4n) is 3.96. The highest BCUT2D eigenvalue weighted by atomic mass is 16.2. The summed E-state index contributed by atoms with van der Waals surface area (Å²) in [4.78, 5) is 19.8. The van der Waals surface area contributed by atoms with Crippen molar-refractivity contribution in [3.63, 3.8) is 0 Å². The molecule has 0 radical (unpaired) electrons. The molecule has 4 heteroatoms. The summed E-state index contributed by atoms with van der Waals surface area (Å²) in [5.41, 5.74) is 5.36. The third-order valence-corrected chi connectivity index (χ3v) is 5.65. The molecular formula is C22H25N3O. The number of hydrogen-bond acceptors (Lipinski definition) is 2. The molecule has 134 valence electrons. The largest absolute Gasteiger partial charge is 0.338 e. The molecule has 4 nitrogen and oxygen atoms in total. The summed E-state index contributed by atoms with van der Waals surface area (Å²) < 4.78 is 2.18. The van der Waals surface area contributed by atoms with Gasteiger partial charge in [0.05, 0.1) is 11.0 Å². The molecule has 1 amide bonds. The molecule has 2 aromatic carbocycles. The second kappa shape index (κ2) is 6.60. The number of piperidine rings is 1. The summed E-state index contributed by atoms with van der Waals surface area (Å²) in [6.07, 6.45) is 2.10. The van der Waals surface area contributed by atoms with Crippen LogP contribution >= 0.6 is 0 Å². The minimum atomic E-state index is 0.136. The fourth-order valence-corrected chi connectivity index (χ4v) is 3.96. The maximum absolute atomic E-state index is 13.0. The summed E-state index contributed by atoms with van der Waals surface area (Å²) in [6.45, 7) is 5.70. The topological polar surface area (TPSA) is 38.1 Å². The molecule has 4 rings (SSSR count). The number of benzene rings is 2. The van der Waals surface area contributed by atoms with E-state index in [0.29, 0.717) is 0 Å². The van der Waals surface area contributed by atoms with E-state index in [1.54, 1.807) is 0 Å². The molecule has 26 heavy (non-hydrogen) atoms. The molecule has 0 spiro atoms. The number of likely N-dealkylation sites (tertiary alicyclic amines) is 1. The molecule has 1 aliphatic heterocycles. The first-order chi connectivity index (χ1) is 12.5. The maximum Gasteiger partial charge on any atom is 0.253 e. The Morgan fingerprint density at radius 2 is 1.92 bits per heavy atom. The quantitative estimate of drug-likeness (QED) is 0.696. The third-order valence-electron chi connectivity index (χ3n) is 5.65. The van der Waals surface area contributed by atoms with Crippen LogP contribution in [0.2, 0.25) is 0 Å². The van der Waals surface area contributed by atoms with Crippen LogP contribution in [-0.2, 0) is 7.05 Å². The van der Waals surface area contributed by atoms with Gasteiger partial charge in [-0.25, -0.2) is 4.98 Å². The van der Waals surface area contributed by atoms with Crippen molar-refractivity contribution in [1.29, 1.82) is 0 Å². The Morgan fingerprint density at radius 1 is 1.12 bits per heavy atom. The molecule has 0 bridgehead atoms. The second-order valence-electron chi connectivity index (χ2n) is 7.41. The Morgan fingerprint density at radius 3 is 2.69 bits per heavy atom. The van der Waals surface area contributed by atoms with Crippen molar-refractivity contribution in [2.24, 2.45) is 7.05 Å². The molecule has 1 aromatic heterocycles. The molecule has 1 saturated heterocycles. The number of para-hydroxylation sites is 2. The van der Waals surface area contributed by atoms with Crippen LogP contribution in [0.15, 0.2) is 42.5 Å². The highest BCUT2D eigenvalue weighted by Gasteiger charge is 2.28. The number of imidazole rings is 1. The fraction of sp³-hybridized carbons (Fsp3) is 0.364.